The summed E-state index contributed by atoms with van der Waals surface area (Å²) in [6.07, 6.45) is -7.47. The first-order valence-electron chi connectivity index (χ1n) is 16.4. The molecule has 2 rings (SSSR count). The highest BCUT2D eigenvalue weighted by atomic mass is 19.1. The minimum absolute atomic E-state index is 0.195. The zero-order valence-electron chi connectivity index (χ0n) is 29.0. The molecule has 2 radical (unpaired) electrons. The van der Waals surface area contributed by atoms with Crippen molar-refractivity contribution in [3.63, 3.8) is 0 Å². The van der Waals surface area contributed by atoms with Crippen LogP contribution in [-0.2, 0) is 52.4 Å². The van der Waals surface area contributed by atoms with Gasteiger partial charge in [0.25, 0.3) is 0 Å². The maximum absolute atomic E-state index is 13.3. The summed E-state index contributed by atoms with van der Waals surface area (Å²) in [5.41, 5.74) is 0. The van der Waals surface area contributed by atoms with Crippen molar-refractivity contribution >= 4 is 37.6 Å². The average Bonchev–Trinajstić information content (AvgIpc) is 2.93. The van der Waals surface area contributed by atoms with Gasteiger partial charge in [0.2, 0.25) is 11.8 Å². The number of ether oxygens (including phenoxy) is 6. The van der Waals surface area contributed by atoms with Crippen LogP contribution in [0.25, 0.3) is 0 Å². The molecule has 13 atom stereocenters. The molecule has 13 nitrogen and oxygen atoms in total. The van der Waals surface area contributed by atoms with Crippen LogP contribution in [0.5, 0.6) is 0 Å². The molecule has 2 amide bonds. The van der Waals surface area contributed by atoms with Gasteiger partial charge < -0.3 is 39.1 Å². The van der Waals surface area contributed by atoms with E-state index in [1.54, 1.807) is 27.7 Å². The Morgan fingerprint density at radius 2 is 1.50 bits per heavy atom. The molecular weight excluding hydrogens is 606 g/mol. The Labute approximate surface area is 273 Å². The topological polar surface area (TPSA) is 165 Å². The minimum Gasteiger partial charge on any atom is -0.462 e. The van der Waals surface area contributed by atoms with Crippen LogP contribution in [0.2, 0.25) is 0 Å². The van der Waals surface area contributed by atoms with Crippen LogP contribution >= 0.6 is 0 Å². The predicted octanol–water partition coefficient (Wildman–Crippen LogP) is 2.01. The third-order valence-electron chi connectivity index (χ3n) is 7.71. The van der Waals surface area contributed by atoms with Crippen molar-refractivity contribution < 1.29 is 58.2 Å². The maximum Gasteiger partial charge on any atom is 0.309 e. The predicted molar refractivity (Wildman–Crippen MR) is 163 cm³/mol. The van der Waals surface area contributed by atoms with Crippen LogP contribution in [0.4, 0.5) is 4.39 Å². The number of halogens is 1. The van der Waals surface area contributed by atoms with Crippen LogP contribution in [0.1, 0.15) is 88.8 Å². The Kier molecular flexibility index (Phi) is 15.2. The number of nitrogens with one attached hydrogen (secondary N) is 2. The molecule has 15 heteroatoms. The van der Waals surface area contributed by atoms with Gasteiger partial charge in [-0.25, -0.2) is 4.39 Å². The third-order valence-corrected chi connectivity index (χ3v) is 7.71. The lowest BCUT2D eigenvalue weighted by molar-refractivity contribution is -0.263. The first kappa shape index (κ1) is 37.7. The number of esters is 3. The molecule has 2 N–H and O–H groups in total. The van der Waals surface area contributed by atoms with Crippen molar-refractivity contribution in [1.82, 2.24) is 10.6 Å². The maximum atomic E-state index is 13.3. The molecule has 2 saturated heterocycles. The summed E-state index contributed by atoms with van der Waals surface area (Å²) < 4.78 is 56.4. The molecule has 2 aliphatic heterocycles. The van der Waals surface area contributed by atoms with Gasteiger partial charge >= 0.3 is 17.9 Å². The van der Waals surface area contributed by atoms with Gasteiger partial charge in [-0.2, -0.15) is 0 Å². The second-order valence-corrected chi connectivity index (χ2v) is 12.2. The normalized spacial score (nSPS) is 33.4. The Hall–Kier alpha value is -2.78. The highest BCUT2D eigenvalue weighted by Crippen LogP contribution is 2.32. The second-order valence-electron chi connectivity index (χ2n) is 12.2. The summed E-state index contributed by atoms with van der Waals surface area (Å²) in [5, 5.41) is 5.48. The molecular formula is C31H50BFN2O11. The van der Waals surface area contributed by atoms with E-state index in [0.29, 0.717) is 6.42 Å². The lowest BCUT2D eigenvalue weighted by Gasteiger charge is -2.46. The highest BCUT2D eigenvalue weighted by Gasteiger charge is 2.47. The zero-order chi connectivity index (χ0) is 35.6. The Bertz CT molecular complexity index is 1090. The molecule has 2 heterocycles. The third kappa shape index (κ3) is 12.8. The molecule has 0 aromatic rings. The van der Waals surface area contributed by atoms with Gasteiger partial charge in [0.15, 0.2) is 6.29 Å². The van der Waals surface area contributed by atoms with E-state index in [1.807, 2.05) is 6.92 Å². The molecule has 0 aliphatic carbocycles. The number of hydrogen-bond donors (Lipinski definition) is 2. The number of hydrogen-bond acceptors (Lipinski definition) is 11. The molecule has 2 fully saturated rings. The Morgan fingerprint density at radius 1 is 0.935 bits per heavy atom. The molecule has 0 aromatic carbocycles. The minimum atomic E-state index is -1.34. The summed E-state index contributed by atoms with van der Waals surface area (Å²) in [6.45, 7) is 12.0. The van der Waals surface area contributed by atoms with E-state index in [4.69, 9.17) is 37.6 Å². The SMILES string of the molecule is [2H][C@@H]1C(CO[C@@H]2OC(CC)[C@@H](C)C(OC(=O)C[C@@H](C)OC(C)=O)[C@@H]2NC(=O)C[C@@H](C)OC(C)=O)O[C@H]([B])[C@@H](NC(=O)C[C@@H](C)F)C1C. The van der Waals surface area contributed by atoms with E-state index >= 15 is 0 Å². The van der Waals surface area contributed by atoms with Crippen LogP contribution < -0.4 is 10.6 Å². The van der Waals surface area contributed by atoms with Gasteiger partial charge in [0.05, 0.1) is 38.1 Å². The number of amides is 2. The van der Waals surface area contributed by atoms with Gasteiger partial charge in [0, 0.05) is 33.2 Å². The quantitative estimate of drug-likeness (QED) is 0.150. The van der Waals surface area contributed by atoms with Crippen molar-refractivity contribution in [3.8, 4) is 0 Å². The van der Waals surface area contributed by atoms with Gasteiger partial charge in [0.1, 0.15) is 38.4 Å². The van der Waals surface area contributed by atoms with Crippen LogP contribution in [0, 0.1) is 11.8 Å². The lowest BCUT2D eigenvalue weighted by atomic mass is 9.79. The fraction of sp³-hybridized carbons (Fsp3) is 0.839. The number of rotatable bonds is 15. The van der Waals surface area contributed by atoms with E-state index < -0.39 is 109 Å². The van der Waals surface area contributed by atoms with E-state index in [-0.39, 0.29) is 25.9 Å². The summed E-state index contributed by atoms with van der Waals surface area (Å²) in [6, 6.07) is -2.78. The van der Waals surface area contributed by atoms with E-state index in [2.05, 4.69) is 10.6 Å². The van der Waals surface area contributed by atoms with Crippen molar-refractivity contribution in [3.05, 3.63) is 0 Å². The van der Waals surface area contributed by atoms with E-state index in [9.17, 15) is 28.4 Å². The van der Waals surface area contributed by atoms with E-state index in [1.165, 1.54) is 20.8 Å². The monoisotopic (exact) mass is 657 g/mol. The molecule has 0 spiro atoms. The molecule has 0 aromatic heterocycles. The second kappa shape index (κ2) is 18.5. The lowest BCUT2D eigenvalue weighted by Crippen LogP contribution is -2.63. The van der Waals surface area contributed by atoms with Gasteiger partial charge in [-0.3, -0.25) is 24.0 Å². The fourth-order valence-electron chi connectivity index (χ4n) is 5.69. The van der Waals surface area contributed by atoms with Crippen LogP contribution in [-0.4, -0.2) is 105 Å². The first-order chi connectivity index (χ1) is 21.9. The van der Waals surface area contributed by atoms with Crippen LogP contribution in [0.15, 0.2) is 0 Å². The van der Waals surface area contributed by atoms with Crippen molar-refractivity contribution in [2.45, 2.75) is 149 Å². The smallest absolute Gasteiger partial charge is 0.309 e. The fourth-order valence-corrected chi connectivity index (χ4v) is 5.69. The largest absolute Gasteiger partial charge is 0.462 e. The molecule has 46 heavy (non-hydrogen) atoms. The Morgan fingerprint density at radius 3 is 2.07 bits per heavy atom. The summed E-state index contributed by atoms with van der Waals surface area (Å²) >= 11 is 0. The van der Waals surface area contributed by atoms with Crippen LogP contribution in [0.3, 0.4) is 0 Å². The summed E-state index contributed by atoms with van der Waals surface area (Å²) in [5.74, 6) is -3.75. The summed E-state index contributed by atoms with van der Waals surface area (Å²) in [4.78, 5) is 61.1. The first-order valence-corrected chi connectivity index (χ1v) is 15.8. The summed E-state index contributed by atoms with van der Waals surface area (Å²) in [7, 11) is 6.21. The average molecular weight is 658 g/mol. The Balaban J connectivity index is 2.26. The molecule has 260 valence electrons. The van der Waals surface area contributed by atoms with Gasteiger partial charge in [-0.1, -0.05) is 20.8 Å². The van der Waals surface area contributed by atoms with Gasteiger partial charge in [-0.05, 0) is 39.5 Å². The zero-order valence-corrected chi connectivity index (χ0v) is 28.0. The van der Waals surface area contributed by atoms with Crippen molar-refractivity contribution in [2.24, 2.45) is 11.8 Å². The van der Waals surface area contributed by atoms with Gasteiger partial charge in [-0.15, -0.1) is 0 Å². The molecule has 4 unspecified atom stereocenters. The van der Waals surface area contributed by atoms with Crippen molar-refractivity contribution in [1.29, 1.82) is 0 Å². The standard InChI is InChI=1S/C31H50BFN2O11/c1-9-23-19(6)29(46-26(40)13-18(5)43-21(8)37)28(35-25(39)12-17(4)42-20(7)36)31(45-23)41-14-22-10-15(2)27(30(32)44-22)34-24(38)11-16(3)33/h15-19,22-23,27-31H,9-14H2,1-8H3,(H,34,38)(H,35,39)/t15?,16-,17-,18-,19-,22?,23?,27+,28+,29?,30+,31-/m1/s1/i10D/t10-,15?,16+,17+,18+,19+,22?,23?,27-,28-,29?,30-,31+/m0. The molecule has 0 bridgehead atoms. The molecule has 2 aliphatic rings. The van der Waals surface area contributed by atoms with E-state index in [0.717, 1.165) is 0 Å². The number of alkyl halides is 1. The van der Waals surface area contributed by atoms with Crippen molar-refractivity contribution in [2.75, 3.05) is 6.61 Å². The molecule has 0 saturated carbocycles. The number of carbonyl (C=O) groups is 5. The number of carbonyl (C=O) groups excluding carboxylic acids is 5. The highest BCUT2D eigenvalue weighted by molar-refractivity contribution is 6.11.